The molecule has 100 valence electrons. The van der Waals surface area contributed by atoms with E-state index in [1.54, 1.807) is 0 Å². The van der Waals surface area contributed by atoms with E-state index in [1.165, 1.54) is 0 Å². The number of nitrogens with zero attached hydrogens (tertiary/aromatic N) is 2. The number of aromatic nitrogens is 2. The highest BCUT2D eigenvalue weighted by Crippen LogP contribution is 2.37. The summed E-state index contributed by atoms with van der Waals surface area (Å²) in [5.74, 6) is 1.51. The van der Waals surface area contributed by atoms with Crippen molar-refractivity contribution in [3.8, 4) is 22.8 Å². The van der Waals surface area contributed by atoms with Crippen molar-refractivity contribution in [2.24, 2.45) is 0 Å². The van der Waals surface area contributed by atoms with Gasteiger partial charge in [0.25, 0.3) is 0 Å². The summed E-state index contributed by atoms with van der Waals surface area (Å²) in [5.41, 5.74) is 8.47. The fraction of sp³-hybridized carbons (Fsp3) is 0.357. The molecule has 1 aromatic carbocycles. The van der Waals surface area contributed by atoms with Crippen molar-refractivity contribution >= 4 is 5.69 Å². The number of hydrogen-bond donors (Lipinski definition) is 1. The fourth-order valence-electron chi connectivity index (χ4n) is 2.09. The molecule has 2 N–H and O–H groups in total. The summed E-state index contributed by atoms with van der Waals surface area (Å²) in [7, 11) is 0. The molecule has 1 aliphatic rings. The second kappa shape index (κ2) is 4.50. The van der Waals surface area contributed by atoms with Gasteiger partial charge in [0.2, 0.25) is 6.79 Å². The third kappa shape index (κ3) is 2.01. The molecule has 2 heterocycles. The van der Waals surface area contributed by atoms with Crippen LogP contribution in [-0.4, -0.2) is 16.6 Å². The van der Waals surface area contributed by atoms with Crippen LogP contribution in [0.2, 0.25) is 0 Å². The molecule has 2 aromatic rings. The SMILES string of the molecule is CCC(C)n1cc(N)c(-c2ccc3c(c2)OCO3)n1. The largest absolute Gasteiger partial charge is 0.454 e. The molecule has 0 radical (unpaired) electrons. The summed E-state index contributed by atoms with van der Waals surface area (Å²) in [4.78, 5) is 0. The predicted molar refractivity (Wildman–Crippen MR) is 73.2 cm³/mol. The second-order valence-corrected chi connectivity index (χ2v) is 4.74. The number of ether oxygens (including phenoxy) is 2. The molecule has 0 bridgehead atoms. The van der Waals surface area contributed by atoms with Crippen LogP contribution >= 0.6 is 0 Å². The van der Waals surface area contributed by atoms with Gasteiger partial charge in [0, 0.05) is 17.8 Å². The highest BCUT2D eigenvalue weighted by molar-refractivity contribution is 5.74. The molecule has 19 heavy (non-hydrogen) atoms. The number of hydrogen-bond acceptors (Lipinski definition) is 4. The monoisotopic (exact) mass is 259 g/mol. The van der Waals surface area contributed by atoms with E-state index in [2.05, 4.69) is 18.9 Å². The van der Waals surface area contributed by atoms with Gasteiger partial charge >= 0.3 is 0 Å². The first-order valence-electron chi connectivity index (χ1n) is 6.43. The summed E-state index contributed by atoms with van der Waals surface area (Å²) in [5, 5.41) is 4.57. The molecule has 1 unspecified atom stereocenters. The van der Waals surface area contributed by atoms with Gasteiger partial charge in [0.15, 0.2) is 11.5 Å². The molecule has 0 amide bonds. The van der Waals surface area contributed by atoms with Crippen molar-refractivity contribution < 1.29 is 9.47 Å². The average molecular weight is 259 g/mol. The average Bonchev–Trinajstić information content (AvgIpc) is 3.03. The Morgan fingerprint density at radius 3 is 2.95 bits per heavy atom. The van der Waals surface area contributed by atoms with Gasteiger partial charge in [-0.25, -0.2) is 0 Å². The quantitative estimate of drug-likeness (QED) is 0.920. The third-order valence-corrected chi connectivity index (χ3v) is 3.45. The number of nitrogens with two attached hydrogens (primary N) is 1. The molecule has 3 rings (SSSR count). The maximum Gasteiger partial charge on any atom is 0.231 e. The van der Waals surface area contributed by atoms with Gasteiger partial charge in [-0.15, -0.1) is 0 Å². The van der Waals surface area contributed by atoms with Gasteiger partial charge in [-0.1, -0.05) is 6.92 Å². The van der Waals surface area contributed by atoms with Gasteiger partial charge in [0.1, 0.15) is 5.69 Å². The lowest BCUT2D eigenvalue weighted by Gasteiger charge is -2.07. The fourth-order valence-corrected chi connectivity index (χ4v) is 2.09. The number of fused-ring (bicyclic) bond motifs is 1. The Bertz CT molecular complexity index is 607. The van der Waals surface area contributed by atoms with Crippen LogP contribution in [0.4, 0.5) is 5.69 Å². The molecular formula is C14H17N3O2. The molecule has 5 heteroatoms. The van der Waals surface area contributed by atoms with Crippen molar-refractivity contribution in [2.45, 2.75) is 26.3 Å². The van der Waals surface area contributed by atoms with E-state index in [0.29, 0.717) is 11.7 Å². The van der Waals surface area contributed by atoms with Gasteiger partial charge < -0.3 is 15.2 Å². The zero-order chi connectivity index (χ0) is 13.4. The van der Waals surface area contributed by atoms with Crippen LogP contribution in [0.3, 0.4) is 0 Å². The first kappa shape index (κ1) is 11.9. The number of anilines is 1. The van der Waals surface area contributed by atoms with E-state index in [9.17, 15) is 0 Å². The first-order valence-corrected chi connectivity index (χ1v) is 6.43. The van der Waals surface area contributed by atoms with E-state index in [0.717, 1.165) is 29.2 Å². The molecule has 1 atom stereocenters. The van der Waals surface area contributed by atoms with Crippen LogP contribution in [0.1, 0.15) is 26.3 Å². The van der Waals surface area contributed by atoms with Crippen LogP contribution in [0.5, 0.6) is 11.5 Å². The van der Waals surface area contributed by atoms with Crippen LogP contribution in [0.15, 0.2) is 24.4 Å². The number of nitrogen functional groups attached to an aromatic ring is 1. The standard InChI is InChI=1S/C14H17N3O2/c1-3-9(2)17-7-11(15)14(16-17)10-4-5-12-13(6-10)19-8-18-12/h4-7,9H,3,8,15H2,1-2H3. The summed E-state index contributed by atoms with van der Waals surface area (Å²) in [6, 6.07) is 6.10. The normalized spacial score (nSPS) is 14.6. The van der Waals surface area contributed by atoms with E-state index >= 15 is 0 Å². The van der Waals surface area contributed by atoms with Crippen molar-refractivity contribution in [3.05, 3.63) is 24.4 Å². The molecule has 0 saturated heterocycles. The van der Waals surface area contributed by atoms with Gasteiger partial charge in [-0.05, 0) is 31.5 Å². The third-order valence-electron chi connectivity index (χ3n) is 3.45. The first-order chi connectivity index (χ1) is 9.19. The molecule has 1 aromatic heterocycles. The Labute approximate surface area is 111 Å². The highest BCUT2D eigenvalue weighted by atomic mass is 16.7. The zero-order valence-electron chi connectivity index (χ0n) is 11.1. The maximum atomic E-state index is 6.06. The molecule has 0 spiro atoms. The van der Waals surface area contributed by atoms with Crippen LogP contribution in [-0.2, 0) is 0 Å². The minimum Gasteiger partial charge on any atom is -0.454 e. The summed E-state index contributed by atoms with van der Waals surface area (Å²) in [6.07, 6.45) is 2.90. The molecule has 0 saturated carbocycles. The summed E-state index contributed by atoms with van der Waals surface area (Å²) in [6.45, 7) is 4.52. The summed E-state index contributed by atoms with van der Waals surface area (Å²) >= 11 is 0. The Morgan fingerprint density at radius 2 is 2.16 bits per heavy atom. The minimum absolute atomic E-state index is 0.273. The lowest BCUT2D eigenvalue weighted by atomic mass is 10.1. The minimum atomic E-state index is 0.273. The van der Waals surface area contributed by atoms with Crippen molar-refractivity contribution in [3.63, 3.8) is 0 Å². The molecule has 1 aliphatic heterocycles. The van der Waals surface area contributed by atoms with E-state index in [-0.39, 0.29) is 6.79 Å². The lowest BCUT2D eigenvalue weighted by molar-refractivity contribution is 0.174. The smallest absolute Gasteiger partial charge is 0.231 e. The number of rotatable bonds is 3. The van der Waals surface area contributed by atoms with E-state index in [4.69, 9.17) is 15.2 Å². The Balaban J connectivity index is 2.00. The van der Waals surface area contributed by atoms with Crippen molar-refractivity contribution in [1.82, 2.24) is 9.78 Å². The lowest BCUT2D eigenvalue weighted by Crippen LogP contribution is -2.04. The number of benzene rings is 1. The van der Waals surface area contributed by atoms with Gasteiger partial charge in [-0.3, -0.25) is 4.68 Å². The van der Waals surface area contributed by atoms with Gasteiger partial charge in [0.05, 0.1) is 5.69 Å². The Kier molecular flexibility index (Phi) is 2.81. The van der Waals surface area contributed by atoms with Crippen molar-refractivity contribution in [1.29, 1.82) is 0 Å². The Morgan fingerprint density at radius 1 is 1.37 bits per heavy atom. The Hall–Kier alpha value is -2.17. The zero-order valence-corrected chi connectivity index (χ0v) is 11.1. The topological polar surface area (TPSA) is 62.3 Å². The van der Waals surface area contributed by atoms with Gasteiger partial charge in [-0.2, -0.15) is 5.10 Å². The van der Waals surface area contributed by atoms with E-state index in [1.807, 2.05) is 29.1 Å². The predicted octanol–water partition coefficient (Wildman–Crippen LogP) is 2.83. The molecule has 0 fully saturated rings. The summed E-state index contributed by atoms with van der Waals surface area (Å²) < 4.78 is 12.6. The van der Waals surface area contributed by atoms with Crippen LogP contribution in [0.25, 0.3) is 11.3 Å². The maximum absolute atomic E-state index is 6.06. The van der Waals surface area contributed by atoms with Crippen LogP contribution in [0, 0.1) is 0 Å². The highest BCUT2D eigenvalue weighted by Gasteiger charge is 2.17. The van der Waals surface area contributed by atoms with Crippen molar-refractivity contribution in [2.75, 3.05) is 12.5 Å². The van der Waals surface area contributed by atoms with Crippen LogP contribution < -0.4 is 15.2 Å². The van der Waals surface area contributed by atoms with E-state index < -0.39 is 0 Å². The molecular weight excluding hydrogens is 242 g/mol. The molecule has 5 nitrogen and oxygen atoms in total. The molecule has 0 aliphatic carbocycles. The second-order valence-electron chi connectivity index (χ2n) is 4.74.